The molecule has 0 amide bonds. The molecule has 0 fully saturated rings. The molecule has 1 aliphatic rings. The highest BCUT2D eigenvalue weighted by molar-refractivity contribution is 6.30. The van der Waals surface area contributed by atoms with E-state index in [0.29, 0.717) is 6.79 Å². The van der Waals surface area contributed by atoms with Crippen LogP contribution < -0.4 is 0 Å². The summed E-state index contributed by atoms with van der Waals surface area (Å²) in [5.41, 5.74) is 1.07. The first-order valence-corrected chi connectivity index (χ1v) is 10.1. The predicted octanol–water partition coefficient (Wildman–Crippen LogP) is 5.00. The van der Waals surface area contributed by atoms with Crippen LogP contribution in [0.3, 0.4) is 0 Å². The van der Waals surface area contributed by atoms with Crippen LogP contribution in [0, 0.1) is 0 Å². The van der Waals surface area contributed by atoms with E-state index in [0.717, 1.165) is 36.2 Å². The van der Waals surface area contributed by atoms with Crippen molar-refractivity contribution in [3.8, 4) is 0 Å². The first-order chi connectivity index (χ1) is 13.0. The van der Waals surface area contributed by atoms with Gasteiger partial charge < -0.3 is 14.0 Å². The molecule has 0 saturated carbocycles. The minimum absolute atomic E-state index is 0.158. The standard InChI is InChI=1S/C17H22ClN3.C4H10O2/c1-17(2,13-8-10-14(18)11-9-13)16-20-19-15-7-5-3-4-6-12-21(15)16;1-3-6-4-5-2/h8-11H,3-7,12H2,1-2H3;3-4H2,1-2H3. The van der Waals surface area contributed by atoms with E-state index in [-0.39, 0.29) is 5.41 Å². The van der Waals surface area contributed by atoms with Crippen molar-refractivity contribution < 1.29 is 9.47 Å². The topological polar surface area (TPSA) is 49.2 Å². The zero-order chi connectivity index (χ0) is 19.7. The van der Waals surface area contributed by atoms with Gasteiger partial charge in [-0.2, -0.15) is 0 Å². The molecule has 0 spiro atoms. The molecule has 150 valence electrons. The number of aryl methyl sites for hydroxylation is 1. The lowest BCUT2D eigenvalue weighted by Crippen LogP contribution is -2.25. The number of rotatable bonds is 5. The van der Waals surface area contributed by atoms with E-state index in [2.05, 4.69) is 45.5 Å². The van der Waals surface area contributed by atoms with Gasteiger partial charge in [0.05, 0.1) is 0 Å². The van der Waals surface area contributed by atoms with Gasteiger partial charge in [-0.15, -0.1) is 10.2 Å². The molecular weight excluding hydrogens is 362 g/mol. The van der Waals surface area contributed by atoms with E-state index in [1.54, 1.807) is 7.11 Å². The van der Waals surface area contributed by atoms with Gasteiger partial charge in [-0.3, -0.25) is 0 Å². The third-order valence-electron chi connectivity index (χ3n) is 4.89. The zero-order valence-corrected chi connectivity index (χ0v) is 17.8. The smallest absolute Gasteiger partial charge is 0.146 e. The average Bonchev–Trinajstić information content (AvgIpc) is 3.03. The third-order valence-corrected chi connectivity index (χ3v) is 5.14. The van der Waals surface area contributed by atoms with Crippen LogP contribution in [0.4, 0.5) is 0 Å². The Morgan fingerprint density at radius 2 is 1.78 bits per heavy atom. The van der Waals surface area contributed by atoms with Crippen LogP contribution in [0.2, 0.25) is 5.02 Å². The first-order valence-electron chi connectivity index (χ1n) is 9.76. The van der Waals surface area contributed by atoms with Crippen molar-refractivity contribution in [2.24, 2.45) is 0 Å². The summed E-state index contributed by atoms with van der Waals surface area (Å²) in [5.74, 6) is 2.22. The highest BCUT2D eigenvalue weighted by atomic mass is 35.5. The Morgan fingerprint density at radius 1 is 1.07 bits per heavy atom. The van der Waals surface area contributed by atoms with Crippen LogP contribution >= 0.6 is 11.6 Å². The second kappa shape index (κ2) is 10.8. The predicted molar refractivity (Wildman–Crippen MR) is 109 cm³/mol. The molecule has 5 nitrogen and oxygen atoms in total. The zero-order valence-electron chi connectivity index (χ0n) is 17.0. The summed E-state index contributed by atoms with van der Waals surface area (Å²) >= 11 is 6.01. The van der Waals surface area contributed by atoms with Crippen LogP contribution in [0.25, 0.3) is 0 Å². The van der Waals surface area contributed by atoms with Crippen molar-refractivity contribution in [3.63, 3.8) is 0 Å². The molecule has 0 N–H and O–H groups in total. The summed E-state index contributed by atoms with van der Waals surface area (Å²) in [6.07, 6.45) is 6.10. The maximum Gasteiger partial charge on any atom is 0.146 e. The first kappa shape index (κ1) is 21.9. The van der Waals surface area contributed by atoms with Gasteiger partial charge in [0, 0.05) is 37.1 Å². The molecule has 2 heterocycles. The summed E-state index contributed by atoms with van der Waals surface area (Å²) < 4.78 is 11.7. The Hall–Kier alpha value is -1.43. The Bertz CT molecular complexity index is 679. The molecule has 1 aromatic carbocycles. The highest BCUT2D eigenvalue weighted by Crippen LogP contribution is 2.32. The van der Waals surface area contributed by atoms with E-state index in [9.17, 15) is 0 Å². The fourth-order valence-electron chi connectivity index (χ4n) is 3.29. The van der Waals surface area contributed by atoms with E-state index >= 15 is 0 Å². The van der Waals surface area contributed by atoms with Gasteiger partial charge in [0.15, 0.2) is 0 Å². The number of fused-ring (bicyclic) bond motifs is 1. The number of benzene rings is 1. The van der Waals surface area contributed by atoms with Crippen LogP contribution in [-0.4, -0.2) is 35.3 Å². The van der Waals surface area contributed by atoms with Gasteiger partial charge in [-0.1, -0.05) is 36.6 Å². The molecule has 1 aliphatic heterocycles. The minimum atomic E-state index is -0.158. The lowest BCUT2D eigenvalue weighted by Gasteiger charge is -2.26. The average molecular weight is 394 g/mol. The molecule has 0 saturated heterocycles. The molecule has 0 atom stereocenters. The van der Waals surface area contributed by atoms with Gasteiger partial charge in [0.2, 0.25) is 0 Å². The summed E-state index contributed by atoms with van der Waals surface area (Å²) in [6, 6.07) is 8.08. The van der Waals surface area contributed by atoms with Crippen molar-refractivity contribution in [2.45, 2.75) is 64.8 Å². The van der Waals surface area contributed by atoms with Crippen LogP contribution in [0.1, 0.15) is 63.7 Å². The molecule has 0 bridgehead atoms. The quantitative estimate of drug-likeness (QED) is 0.529. The molecule has 3 rings (SSSR count). The molecule has 0 unspecified atom stereocenters. The van der Waals surface area contributed by atoms with E-state index < -0.39 is 0 Å². The van der Waals surface area contributed by atoms with Gasteiger partial charge >= 0.3 is 0 Å². The normalized spacial score (nSPS) is 14.6. The molecule has 0 radical (unpaired) electrons. The second-order valence-corrected chi connectivity index (χ2v) is 7.72. The van der Waals surface area contributed by atoms with Crippen molar-refractivity contribution in [3.05, 3.63) is 46.5 Å². The molecule has 0 aliphatic carbocycles. The lowest BCUT2D eigenvalue weighted by molar-refractivity contribution is -0.0250. The number of aromatic nitrogens is 3. The second-order valence-electron chi connectivity index (χ2n) is 7.29. The molecule has 1 aromatic heterocycles. The number of ether oxygens (including phenoxy) is 2. The van der Waals surface area contributed by atoms with Crippen molar-refractivity contribution >= 4 is 11.6 Å². The number of methoxy groups -OCH3 is 1. The van der Waals surface area contributed by atoms with Gasteiger partial charge in [-0.25, -0.2) is 0 Å². The number of nitrogens with zero attached hydrogens (tertiary/aromatic N) is 3. The minimum Gasteiger partial charge on any atom is -0.359 e. The Morgan fingerprint density at radius 3 is 2.41 bits per heavy atom. The van der Waals surface area contributed by atoms with Gasteiger partial charge in [-0.05, 0) is 51.3 Å². The van der Waals surface area contributed by atoms with Crippen molar-refractivity contribution in [2.75, 3.05) is 20.5 Å². The number of hydrogen-bond donors (Lipinski definition) is 0. The summed E-state index contributed by atoms with van der Waals surface area (Å²) in [6.45, 7) is 8.54. The van der Waals surface area contributed by atoms with Crippen molar-refractivity contribution in [1.82, 2.24) is 14.8 Å². The van der Waals surface area contributed by atoms with Gasteiger partial charge in [0.25, 0.3) is 0 Å². The lowest BCUT2D eigenvalue weighted by atomic mass is 9.83. The van der Waals surface area contributed by atoms with Crippen molar-refractivity contribution in [1.29, 1.82) is 0 Å². The Labute approximate surface area is 168 Å². The van der Waals surface area contributed by atoms with Crippen LogP contribution in [0.15, 0.2) is 24.3 Å². The van der Waals surface area contributed by atoms with E-state index in [4.69, 9.17) is 16.3 Å². The van der Waals surface area contributed by atoms with E-state index in [1.165, 1.54) is 31.2 Å². The highest BCUT2D eigenvalue weighted by Gasteiger charge is 2.30. The van der Waals surface area contributed by atoms with Gasteiger partial charge in [0.1, 0.15) is 18.4 Å². The molecule has 2 aromatic rings. The summed E-state index contributed by atoms with van der Waals surface area (Å²) in [7, 11) is 1.61. The monoisotopic (exact) mass is 393 g/mol. The number of halogens is 1. The molecular formula is C21H32ClN3O2. The fraction of sp³-hybridized carbons (Fsp3) is 0.619. The SMILES string of the molecule is CC(C)(c1ccc(Cl)cc1)c1nnc2n1CCCCCC2.CCOCOC. The maximum atomic E-state index is 6.01. The van der Waals surface area contributed by atoms with E-state index in [1.807, 2.05) is 19.1 Å². The third kappa shape index (κ3) is 6.03. The van der Waals surface area contributed by atoms with Crippen LogP contribution in [-0.2, 0) is 27.9 Å². The Balaban J connectivity index is 0.000000380. The molecule has 27 heavy (non-hydrogen) atoms. The Kier molecular flexibility index (Phi) is 8.74. The summed E-state index contributed by atoms with van der Waals surface area (Å²) in [4.78, 5) is 0. The summed E-state index contributed by atoms with van der Waals surface area (Å²) in [5, 5.41) is 9.76. The largest absolute Gasteiger partial charge is 0.359 e. The molecule has 6 heteroatoms. The number of hydrogen-bond acceptors (Lipinski definition) is 4. The maximum absolute atomic E-state index is 6.01. The van der Waals surface area contributed by atoms with Crippen LogP contribution in [0.5, 0.6) is 0 Å². The fourth-order valence-corrected chi connectivity index (χ4v) is 3.41.